The SMILES string of the molecule is CN(C)CCNN=CNc1ccc(C(=O)O)cc1.Cl.Cl. The van der Waals surface area contributed by atoms with Crippen molar-refractivity contribution >= 4 is 42.8 Å². The van der Waals surface area contributed by atoms with Gasteiger partial charge in [-0.2, -0.15) is 5.10 Å². The number of likely N-dealkylation sites (N-methyl/N-ethyl adjacent to an activating group) is 1. The molecule has 6 nitrogen and oxygen atoms in total. The van der Waals surface area contributed by atoms with Gasteiger partial charge in [0.2, 0.25) is 0 Å². The van der Waals surface area contributed by atoms with Crippen molar-refractivity contribution in [2.75, 3.05) is 32.5 Å². The Hall–Kier alpha value is -1.50. The second kappa shape index (κ2) is 11.3. The van der Waals surface area contributed by atoms with E-state index in [4.69, 9.17) is 5.11 Å². The molecule has 20 heavy (non-hydrogen) atoms. The van der Waals surface area contributed by atoms with E-state index < -0.39 is 5.97 Å². The van der Waals surface area contributed by atoms with Gasteiger partial charge in [0.25, 0.3) is 0 Å². The topological polar surface area (TPSA) is 77.0 Å². The van der Waals surface area contributed by atoms with Gasteiger partial charge in [0.15, 0.2) is 0 Å². The van der Waals surface area contributed by atoms with Gasteiger partial charge in [-0.15, -0.1) is 24.8 Å². The third-order valence-electron chi connectivity index (χ3n) is 2.19. The third-order valence-corrected chi connectivity index (χ3v) is 2.19. The van der Waals surface area contributed by atoms with E-state index in [1.807, 2.05) is 14.1 Å². The molecule has 1 rings (SSSR count). The van der Waals surface area contributed by atoms with Crippen LogP contribution in [0.15, 0.2) is 29.4 Å². The molecule has 0 saturated carbocycles. The Morgan fingerprint density at radius 1 is 1.30 bits per heavy atom. The van der Waals surface area contributed by atoms with Crippen LogP contribution in [0.25, 0.3) is 0 Å². The number of halogens is 2. The lowest BCUT2D eigenvalue weighted by Gasteiger charge is -2.07. The van der Waals surface area contributed by atoms with Crippen LogP contribution >= 0.6 is 24.8 Å². The first kappa shape index (κ1) is 20.8. The molecule has 1 aromatic carbocycles. The van der Waals surface area contributed by atoms with E-state index >= 15 is 0 Å². The second-order valence-electron chi connectivity index (χ2n) is 4.00. The zero-order valence-corrected chi connectivity index (χ0v) is 13.0. The highest BCUT2D eigenvalue weighted by Crippen LogP contribution is 2.08. The normalized spacial score (nSPS) is 9.75. The number of nitrogens with zero attached hydrogens (tertiary/aromatic N) is 2. The number of anilines is 1. The molecule has 0 aromatic heterocycles. The summed E-state index contributed by atoms with van der Waals surface area (Å²) in [6.07, 6.45) is 1.53. The minimum atomic E-state index is -0.930. The van der Waals surface area contributed by atoms with Crippen molar-refractivity contribution in [3.05, 3.63) is 29.8 Å². The molecule has 0 fully saturated rings. The molecule has 0 bridgehead atoms. The van der Waals surface area contributed by atoms with Gasteiger partial charge in [0, 0.05) is 18.8 Å². The second-order valence-corrected chi connectivity index (χ2v) is 4.00. The predicted molar refractivity (Wildman–Crippen MR) is 86.6 cm³/mol. The molecule has 0 spiro atoms. The lowest BCUT2D eigenvalue weighted by atomic mass is 10.2. The van der Waals surface area contributed by atoms with Crippen molar-refractivity contribution in [2.24, 2.45) is 5.10 Å². The Labute approximate surface area is 131 Å². The molecule has 0 saturated heterocycles. The van der Waals surface area contributed by atoms with Crippen molar-refractivity contribution in [3.63, 3.8) is 0 Å². The molecule has 0 aliphatic heterocycles. The fourth-order valence-electron chi connectivity index (χ4n) is 1.20. The first-order valence-electron chi connectivity index (χ1n) is 5.58. The molecule has 114 valence electrons. The number of hydrazone groups is 1. The maximum Gasteiger partial charge on any atom is 0.335 e. The van der Waals surface area contributed by atoms with Crippen LogP contribution in [-0.4, -0.2) is 49.5 Å². The van der Waals surface area contributed by atoms with Crippen LogP contribution in [0.3, 0.4) is 0 Å². The van der Waals surface area contributed by atoms with E-state index in [0.717, 1.165) is 18.8 Å². The molecule has 8 heteroatoms. The molecule has 0 radical (unpaired) electrons. The van der Waals surface area contributed by atoms with E-state index in [1.54, 1.807) is 12.1 Å². The van der Waals surface area contributed by atoms with Crippen LogP contribution in [-0.2, 0) is 0 Å². The maximum atomic E-state index is 10.6. The van der Waals surface area contributed by atoms with Crippen LogP contribution in [0.5, 0.6) is 0 Å². The van der Waals surface area contributed by atoms with Gasteiger partial charge in [-0.05, 0) is 38.4 Å². The highest BCUT2D eigenvalue weighted by Gasteiger charge is 2.00. The summed E-state index contributed by atoms with van der Waals surface area (Å²) in [6.45, 7) is 1.67. The van der Waals surface area contributed by atoms with Crippen LogP contribution in [0.2, 0.25) is 0 Å². The molecule has 0 aliphatic rings. The lowest BCUT2D eigenvalue weighted by Crippen LogP contribution is -2.23. The molecular formula is C12H20Cl2N4O2. The first-order chi connectivity index (χ1) is 8.59. The number of aromatic carboxylic acids is 1. The number of hydrogen-bond donors (Lipinski definition) is 3. The average Bonchev–Trinajstić information content (AvgIpc) is 2.34. The van der Waals surface area contributed by atoms with E-state index in [9.17, 15) is 4.79 Å². The van der Waals surface area contributed by atoms with Gasteiger partial charge in [-0.1, -0.05) is 0 Å². The van der Waals surface area contributed by atoms with Gasteiger partial charge >= 0.3 is 5.97 Å². The molecule has 3 N–H and O–H groups in total. The standard InChI is InChI=1S/C12H18N4O2.2ClH/c1-16(2)8-7-14-15-9-13-11-5-3-10(4-6-11)12(17)18;;/h3-6,9,14H,7-8H2,1-2H3,(H,13,15)(H,17,18);2*1H. The molecule has 0 aliphatic carbocycles. The maximum absolute atomic E-state index is 10.6. The van der Waals surface area contributed by atoms with E-state index in [1.165, 1.54) is 18.5 Å². The zero-order chi connectivity index (χ0) is 13.4. The fourth-order valence-corrected chi connectivity index (χ4v) is 1.20. The number of rotatable bonds is 7. The number of carboxylic acids is 1. The van der Waals surface area contributed by atoms with Gasteiger partial charge in [-0.3, -0.25) is 0 Å². The summed E-state index contributed by atoms with van der Waals surface area (Å²) in [5, 5.41) is 15.6. The highest BCUT2D eigenvalue weighted by atomic mass is 35.5. The van der Waals surface area contributed by atoms with Crippen LogP contribution in [0, 0.1) is 0 Å². The predicted octanol–water partition coefficient (Wildman–Crippen LogP) is 1.73. The fraction of sp³-hybridized carbons (Fsp3) is 0.333. The number of nitrogens with one attached hydrogen (secondary N) is 2. The van der Waals surface area contributed by atoms with Crippen molar-refractivity contribution in [3.8, 4) is 0 Å². The highest BCUT2D eigenvalue weighted by molar-refractivity contribution is 5.88. The Kier molecular flexibility index (Phi) is 11.8. The van der Waals surface area contributed by atoms with Gasteiger partial charge in [-0.25, -0.2) is 4.79 Å². The lowest BCUT2D eigenvalue weighted by molar-refractivity contribution is 0.0697. The van der Waals surface area contributed by atoms with Crippen LogP contribution < -0.4 is 10.7 Å². The van der Waals surface area contributed by atoms with E-state index in [2.05, 4.69) is 20.7 Å². The minimum absolute atomic E-state index is 0. The summed E-state index contributed by atoms with van der Waals surface area (Å²) in [4.78, 5) is 12.7. The van der Waals surface area contributed by atoms with Crippen molar-refractivity contribution in [1.82, 2.24) is 10.3 Å². The monoisotopic (exact) mass is 322 g/mol. The molecule has 0 unspecified atom stereocenters. The summed E-state index contributed by atoms with van der Waals surface area (Å²) < 4.78 is 0. The Morgan fingerprint density at radius 3 is 2.40 bits per heavy atom. The third kappa shape index (κ3) is 8.58. The minimum Gasteiger partial charge on any atom is -0.478 e. The number of carbonyl (C=O) groups is 1. The Morgan fingerprint density at radius 2 is 1.90 bits per heavy atom. The molecule has 0 heterocycles. The van der Waals surface area contributed by atoms with E-state index in [0.29, 0.717) is 0 Å². The van der Waals surface area contributed by atoms with Crippen molar-refractivity contribution in [1.29, 1.82) is 0 Å². The zero-order valence-electron chi connectivity index (χ0n) is 11.4. The summed E-state index contributed by atoms with van der Waals surface area (Å²) in [5.74, 6) is -0.930. The summed E-state index contributed by atoms with van der Waals surface area (Å²) in [7, 11) is 3.99. The van der Waals surface area contributed by atoms with Gasteiger partial charge in [0.1, 0.15) is 6.34 Å². The molecule has 1 aromatic rings. The molecule has 0 amide bonds. The summed E-state index contributed by atoms with van der Waals surface area (Å²) >= 11 is 0. The largest absolute Gasteiger partial charge is 0.478 e. The molecular weight excluding hydrogens is 303 g/mol. The summed E-state index contributed by atoms with van der Waals surface area (Å²) in [5.41, 5.74) is 3.94. The van der Waals surface area contributed by atoms with E-state index in [-0.39, 0.29) is 30.4 Å². The van der Waals surface area contributed by atoms with Crippen LogP contribution in [0.4, 0.5) is 5.69 Å². The molecule has 0 atom stereocenters. The van der Waals surface area contributed by atoms with Gasteiger partial charge < -0.3 is 20.7 Å². The van der Waals surface area contributed by atoms with Crippen molar-refractivity contribution < 1.29 is 9.90 Å². The van der Waals surface area contributed by atoms with Crippen molar-refractivity contribution in [2.45, 2.75) is 0 Å². The Balaban J connectivity index is 0. The smallest absolute Gasteiger partial charge is 0.335 e. The summed E-state index contributed by atoms with van der Waals surface area (Å²) in [6, 6.07) is 6.46. The average molecular weight is 323 g/mol. The first-order valence-corrected chi connectivity index (χ1v) is 5.58. The quantitative estimate of drug-likeness (QED) is 0.308. The number of hydrogen-bond acceptors (Lipinski definition) is 4. The van der Waals surface area contributed by atoms with Crippen LogP contribution in [0.1, 0.15) is 10.4 Å². The number of benzene rings is 1. The van der Waals surface area contributed by atoms with Gasteiger partial charge in [0.05, 0.1) is 5.56 Å². The number of carboxylic acid groups (broad SMARTS) is 1. The Bertz CT molecular complexity index is 410.